The van der Waals surface area contributed by atoms with Crippen molar-refractivity contribution in [2.24, 2.45) is 21.5 Å². The molecular weight excluding hydrogens is 318 g/mol. The van der Waals surface area contributed by atoms with E-state index in [1.54, 1.807) is 18.2 Å². The summed E-state index contributed by atoms with van der Waals surface area (Å²) < 4.78 is 34.6. The van der Waals surface area contributed by atoms with E-state index >= 15 is 0 Å². The van der Waals surface area contributed by atoms with Gasteiger partial charge in [-0.2, -0.15) is 8.42 Å². The summed E-state index contributed by atoms with van der Waals surface area (Å²) in [6, 6.07) is 4.95. The largest absolute Gasteiger partial charge is 0.492 e. The number of hydrogen-bond acceptors (Lipinski definition) is 5. The van der Waals surface area contributed by atoms with E-state index in [0.29, 0.717) is 17.0 Å². The van der Waals surface area contributed by atoms with Crippen LogP contribution in [0.1, 0.15) is 33.3 Å². The molecule has 1 aliphatic rings. The molecule has 0 saturated heterocycles. The number of benzene rings is 1. The van der Waals surface area contributed by atoms with E-state index in [0.717, 1.165) is 0 Å². The Morgan fingerprint density at radius 2 is 2.04 bits per heavy atom. The number of aliphatic hydroxyl groups is 1. The smallest absolute Gasteiger partial charge is 0.344 e. The summed E-state index contributed by atoms with van der Waals surface area (Å²) in [5.74, 6) is 0.210. The average Bonchev–Trinajstić information content (AvgIpc) is 2.41. The highest BCUT2D eigenvalue weighted by atomic mass is 32.2. The molecule has 1 heterocycles. The van der Waals surface area contributed by atoms with Gasteiger partial charge in [-0.1, -0.05) is 33.8 Å². The van der Waals surface area contributed by atoms with Crippen LogP contribution in [0.15, 0.2) is 22.6 Å². The molecule has 0 bridgehead atoms. The number of anilines is 1. The minimum Gasteiger partial charge on any atom is -0.492 e. The first-order valence-electron chi connectivity index (χ1n) is 7.33. The van der Waals surface area contributed by atoms with Crippen LogP contribution in [0.25, 0.3) is 0 Å². The predicted octanol–water partition coefficient (Wildman–Crippen LogP) is 1.48. The van der Waals surface area contributed by atoms with E-state index in [1.807, 2.05) is 27.7 Å². The Kier molecular flexibility index (Phi) is 4.59. The lowest BCUT2D eigenvalue weighted by molar-refractivity contribution is 0.00157. The van der Waals surface area contributed by atoms with Crippen LogP contribution in [0.3, 0.4) is 0 Å². The molecule has 0 amide bonds. The number of nitrogens with one attached hydrogen (secondary N) is 1. The molecule has 2 rings (SSSR count). The zero-order valence-electron chi connectivity index (χ0n) is 13.7. The molecule has 7 nitrogen and oxygen atoms in total. The third kappa shape index (κ3) is 3.94. The van der Waals surface area contributed by atoms with Gasteiger partial charge in [0.25, 0.3) is 0 Å². The second-order valence-electron chi connectivity index (χ2n) is 6.83. The van der Waals surface area contributed by atoms with Gasteiger partial charge in [-0.25, -0.2) is 0 Å². The number of hydrogen-bond donors (Lipinski definition) is 3. The second-order valence-corrected chi connectivity index (χ2v) is 8.17. The van der Waals surface area contributed by atoms with Gasteiger partial charge in [0.15, 0.2) is 5.84 Å². The van der Waals surface area contributed by atoms with Crippen molar-refractivity contribution in [2.45, 2.75) is 33.8 Å². The zero-order chi connectivity index (χ0) is 17.4. The zero-order valence-corrected chi connectivity index (χ0v) is 14.5. The number of aliphatic hydroxyl groups excluding tert-OH is 1. The minimum absolute atomic E-state index is 0.107. The van der Waals surface area contributed by atoms with Gasteiger partial charge in [0.2, 0.25) is 0 Å². The first-order chi connectivity index (χ1) is 10.5. The predicted molar refractivity (Wildman–Crippen MR) is 89.8 cm³/mol. The van der Waals surface area contributed by atoms with Crippen molar-refractivity contribution in [3.63, 3.8) is 0 Å². The summed E-state index contributed by atoms with van der Waals surface area (Å²) in [6.45, 7) is 8.04. The lowest BCUT2D eigenvalue weighted by atomic mass is 9.82. The normalized spacial score (nSPS) is 19.1. The minimum atomic E-state index is -3.81. The van der Waals surface area contributed by atoms with Gasteiger partial charge in [0, 0.05) is 5.92 Å². The molecule has 0 spiro atoms. The maximum absolute atomic E-state index is 11.5. The summed E-state index contributed by atoms with van der Waals surface area (Å²) in [7, 11) is -3.81. The van der Waals surface area contributed by atoms with E-state index < -0.39 is 16.3 Å². The van der Waals surface area contributed by atoms with Gasteiger partial charge >= 0.3 is 10.2 Å². The maximum atomic E-state index is 11.5. The van der Waals surface area contributed by atoms with Crippen molar-refractivity contribution >= 4 is 21.7 Å². The molecule has 0 fully saturated rings. The molecule has 0 radical (unpaired) electrons. The third-order valence-electron chi connectivity index (χ3n) is 3.67. The quantitative estimate of drug-likeness (QED) is 0.767. The average molecular weight is 341 g/mol. The summed E-state index contributed by atoms with van der Waals surface area (Å²) in [5.41, 5.74) is 6.25. The molecule has 1 aromatic rings. The Hall–Kier alpha value is -1.80. The SMILES string of the molecule is CC(COc1cccc2c1C(N)=NS(=O)(=O)N2)C(O)C(C)(C)C. The molecular formula is C15H23N3O4S. The lowest BCUT2D eigenvalue weighted by Crippen LogP contribution is -2.35. The summed E-state index contributed by atoms with van der Waals surface area (Å²) in [4.78, 5) is 0. The van der Waals surface area contributed by atoms with Crippen LogP contribution in [0.5, 0.6) is 5.75 Å². The van der Waals surface area contributed by atoms with Crippen molar-refractivity contribution in [3.8, 4) is 5.75 Å². The maximum Gasteiger partial charge on any atom is 0.344 e. The molecule has 1 aliphatic heterocycles. The topological polar surface area (TPSA) is 114 Å². The molecule has 23 heavy (non-hydrogen) atoms. The Labute approximate surface area is 136 Å². The van der Waals surface area contributed by atoms with Gasteiger partial charge in [-0.15, -0.1) is 4.40 Å². The highest BCUT2D eigenvalue weighted by Gasteiger charge is 2.29. The Morgan fingerprint density at radius 1 is 1.39 bits per heavy atom. The molecule has 128 valence electrons. The molecule has 8 heteroatoms. The van der Waals surface area contributed by atoms with E-state index in [9.17, 15) is 13.5 Å². The monoisotopic (exact) mass is 341 g/mol. The first-order valence-corrected chi connectivity index (χ1v) is 8.77. The number of nitrogens with zero attached hydrogens (tertiary/aromatic N) is 1. The number of ether oxygens (including phenoxy) is 1. The fourth-order valence-corrected chi connectivity index (χ4v) is 3.35. The molecule has 2 atom stereocenters. The molecule has 4 N–H and O–H groups in total. The number of amidine groups is 1. The van der Waals surface area contributed by atoms with Gasteiger partial charge in [0.05, 0.1) is 24.0 Å². The van der Waals surface area contributed by atoms with E-state index in [-0.39, 0.29) is 23.8 Å². The van der Waals surface area contributed by atoms with E-state index in [2.05, 4.69) is 9.12 Å². The molecule has 2 unspecified atom stereocenters. The second kappa shape index (κ2) is 6.01. The first kappa shape index (κ1) is 17.6. The van der Waals surface area contributed by atoms with Crippen molar-refractivity contribution in [1.29, 1.82) is 0 Å². The van der Waals surface area contributed by atoms with E-state index in [1.165, 1.54) is 0 Å². The Balaban J connectivity index is 2.21. The van der Waals surface area contributed by atoms with Gasteiger partial charge in [-0.3, -0.25) is 4.72 Å². The molecule has 0 aromatic heterocycles. The number of rotatable bonds is 4. The lowest BCUT2D eigenvalue weighted by Gasteiger charge is -2.31. The van der Waals surface area contributed by atoms with Gasteiger partial charge in [-0.05, 0) is 17.5 Å². The summed E-state index contributed by atoms with van der Waals surface area (Å²) in [6.07, 6.45) is -0.536. The molecule has 1 aromatic carbocycles. The van der Waals surface area contributed by atoms with Crippen molar-refractivity contribution in [1.82, 2.24) is 0 Å². The number of nitrogens with two attached hydrogens (primary N) is 1. The van der Waals surface area contributed by atoms with E-state index in [4.69, 9.17) is 10.5 Å². The van der Waals surface area contributed by atoms with Crippen LogP contribution in [0.2, 0.25) is 0 Å². The van der Waals surface area contributed by atoms with Crippen LogP contribution in [-0.2, 0) is 10.2 Å². The van der Waals surface area contributed by atoms with Crippen LogP contribution >= 0.6 is 0 Å². The highest BCUT2D eigenvalue weighted by molar-refractivity contribution is 7.91. The van der Waals surface area contributed by atoms with Gasteiger partial charge in [0.1, 0.15) is 5.75 Å². The Morgan fingerprint density at radius 3 is 2.65 bits per heavy atom. The van der Waals surface area contributed by atoms with Crippen molar-refractivity contribution in [3.05, 3.63) is 23.8 Å². The third-order valence-corrected chi connectivity index (χ3v) is 4.58. The fourth-order valence-electron chi connectivity index (χ4n) is 2.50. The Bertz CT molecular complexity index is 723. The van der Waals surface area contributed by atoms with Crippen LogP contribution in [-0.4, -0.2) is 32.1 Å². The molecule has 0 aliphatic carbocycles. The van der Waals surface area contributed by atoms with Gasteiger partial charge < -0.3 is 15.6 Å². The van der Waals surface area contributed by atoms with Crippen LogP contribution < -0.4 is 15.2 Å². The fraction of sp³-hybridized carbons (Fsp3) is 0.533. The van der Waals surface area contributed by atoms with Crippen LogP contribution in [0, 0.1) is 11.3 Å². The molecule has 0 saturated carbocycles. The highest BCUT2D eigenvalue weighted by Crippen LogP contribution is 2.31. The summed E-state index contributed by atoms with van der Waals surface area (Å²) in [5, 5.41) is 10.3. The van der Waals surface area contributed by atoms with Crippen molar-refractivity contribution < 1.29 is 18.3 Å². The summed E-state index contributed by atoms with van der Waals surface area (Å²) >= 11 is 0. The standard InChI is InChI=1S/C15H23N3O4S/c1-9(13(19)15(2,3)4)8-22-11-7-5-6-10-12(11)14(16)18-23(20,21)17-10/h5-7,9,13,17,19H,8H2,1-4H3,(H2,16,18). The number of fused-ring (bicyclic) bond motifs is 1. The van der Waals surface area contributed by atoms with Crippen LogP contribution in [0.4, 0.5) is 5.69 Å². The van der Waals surface area contributed by atoms with Crippen molar-refractivity contribution in [2.75, 3.05) is 11.3 Å².